The molecular weight excluding hydrogens is 292 g/mol. The molecule has 0 saturated carbocycles. The Hall–Kier alpha value is -1.83. The van der Waals surface area contributed by atoms with Crippen molar-refractivity contribution in [2.45, 2.75) is 65.5 Å². The van der Waals surface area contributed by atoms with Crippen LogP contribution in [-0.4, -0.2) is 4.98 Å². The SMILES string of the molecule is Cc1cccc2c1N1[C@@H](C)c3ccncc3C1(C)C(C)(C)C2(C)C. The highest BCUT2D eigenvalue weighted by Gasteiger charge is 2.63. The molecule has 0 bridgehead atoms. The van der Waals surface area contributed by atoms with Gasteiger partial charge < -0.3 is 4.90 Å². The average Bonchev–Trinajstić information content (AvgIpc) is 2.77. The van der Waals surface area contributed by atoms with Crippen LogP contribution >= 0.6 is 0 Å². The molecule has 2 aliphatic heterocycles. The zero-order valence-corrected chi connectivity index (χ0v) is 15.9. The summed E-state index contributed by atoms with van der Waals surface area (Å²) in [5.41, 5.74) is 7.14. The number of hydrogen-bond acceptors (Lipinski definition) is 2. The highest BCUT2D eigenvalue weighted by molar-refractivity contribution is 5.72. The van der Waals surface area contributed by atoms with Crippen molar-refractivity contribution in [2.75, 3.05) is 4.90 Å². The number of para-hydroxylation sites is 1. The quantitative estimate of drug-likeness (QED) is 0.637. The van der Waals surface area contributed by atoms with Crippen molar-refractivity contribution in [2.24, 2.45) is 5.41 Å². The maximum absolute atomic E-state index is 4.49. The van der Waals surface area contributed by atoms with E-state index in [0.717, 1.165) is 0 Å². The first-order valence-corrected chi connectivity index (χ1v) is 8.99. The predicted octanol–water partition coefficient (Wildman–Crippen LogP) is 5.50. The van der Waals surface area contributed by atoms with E-state index in [2.05, 4.69) is 88.8 Å². The molecule has 24 heavy (non-hydrogen) atoms. The van der Waals surface area contributed by atoms with Crippen LogP contribution in [0.1, 0.15) is 69.8 Å². The molecule has 2 aliphatic rings. The van der Waals surface area contributed by atoms with Crippen LogP contribution in [0, 0.1) is 12.3 Å². The number of nitrogens with zero attached hydrogens (tertiary/aromatic N) is 2. The largest absolute Gasteiger partial charge is 0.354 e. The Bertz CT molecular complexity index is 834. The van der Waals surface area contributed by atoms with Crippen LogP contribution in [0.4, 0.5) is 5.69 Å². The summed E-state index contributed by atoms with van der Waals surface area (Å²) in [6.07, 6.45) is 4.04. The summed E-state index contributed by atoms with van der Waals surface area (Å²) in [5.74, 6) is 0. The molecule has 2 atom stereocenters. The van der Waals surface area contributed by atoms with Gasteiger partial charge in [0.1, 0.15) is 0 Å². The third kappa shape index (κ3) is 1.46. The number of aromatic nitrogens is 1. The second-order valence-electron chi connectivity index (χ2n) is 8.80. The van der Waals surface area contributed by atoms with Gasteiger partial charge in [0.05, 0.1) is 11.6 Å². The predicted molar refractivity (Wildman–Crippen MR) is 100 cm³/mol. The van der Waals surface area contributed by atoms with E-state index < -0.39 is 0 Å². The van der Waals surface area contributed by atoms with Gasteiger partial charge in [0.15, 0.2) is 0 Å². The van der Waals surface area contributed by atoms with Crippen LogP contribution in [-0.2, 0) is 11.0 Å². The molecule has 0 aliphatic carbocycles. The standard InChI is InChI=1S/C22H28N2/c1-14-9-8-10-17-19(14)24-15(2)16-11-12-23-13-18(16)22(24,7)21(5,6)20(17,3)4/h8-13,15H,1-7H3/t15-,22?/m0/s1. The van der Waals surface area contributed by atoms with Gasteiger partial charge in [0, 0.05) is 29.1 Å². The van der Waals surface area contributed by atoms with Gasteiger partial charge in [0.2, 0.25) is 0 Å². The lowest BCUT2D eigenvalue weighted by Crippen LogP contribution is -2.62. The van der Waals surface area contributed by atoms with Gasteiger partial charge in [-0.05, 0) is 48.9 Å². The summed E-state index contributed by atoms with van der Waals surface area (Å²) in [4.78, 5) is 7.17. The zero-order valence-electron chi connectivity index (χ0n) is 15.9. The van der Waals surface area contributed by atoms with Crippen LogP contribution in [0.15, 0.2) is 36.7 Å². The van der Waals surface area contributed by atoms with E-state index in [1.807, 2.05) is 6.20 Å². The first-order valence-electron chi connectivity index (χ1n) is 8.99. The fraction of sp³-hybridized carbons (Fsp3) is 0.500. The van der Waals surface area contributed by atoms with Gasteiger partial charge in [-0.25, -0.2) is 0 Å². The summed E-state index contributed by atoms with van der Waals surface area (Å²) >= 11 is 0. The Labute approximate surface area is 145 Å². The fourth-order valence-corrected chi connectivity index (χ4v) is 5.32. The lowest BCUT2D eigenvalue weighted by molar-refractivity contribution is 0.0650. The third-order valence-corrected chi connectivity index (χ3v) is 7.63. The topological polar surface area (TPSA) is 16.1 Å². The van der Waals surface area contributed by atoms with Crippen LogP contribution in [0.3, 0.4) is 0 Å². The number of benzene rings is 1. The third-order valence-electron chi connectivity index (χ3n) is 7.63. The lowest BCUT2D eigenvalue weighted by Gasteiger charge is -2.62. The van der Waals surface area contributed by atoms with E-state index >= 15 is 0 Å². The molecule has 1 aromatic carbocycles. The lowest BCUT2D eigenvalue weighted by atomic mass is 9.51. The molecule has 2 heteroatoms. The van der Waals surface area contributed by atoms with Crippen molar-refractivity contribution in [1.29, 1.82) is 0 Å². The first kappa shape index (κ1) is 15.7. The zero-order chi connectivity index (χ0) is 17.5. The summed E-state index contributed by atoms with van der Waals surface area (Å²) < 4.78 is 0. The van der Waals surface area contributed by atoms with E-state index in [9.17, 15) is 0 Å². The fourth-order valence-electron chi connectivity index (χ4n) is 5.32. The van der Waals surface area contributed by atoms with Gasteiger partial charge in [0.25, 0.3) is 0 Å². The van der Waals surface area contributed by atoms with E-state index in [0.29, 0.717) is 6.04 Å². The van der Waals surface area contributed by atoms with Crippen molar-refractivity contribution in [3.8, 4) is 0 Å². The molecule has 2 nitrogen and oxygen atoms in total. The van der Waals surface area contributed by atoms with Gasteiger partial charge in [-0.1, -0.05) is 45.9 Å². The number of rotatable bonds is 0. The van der Waals surface area contributed by atoms with Crippen LogP contribution < -0.4 is 4.90 Å². The summed E-state index contributed by atoms with van der Waals surface area (Å²) in [7, 11) is 0. The summed E-state index contributed by atoms with van der Waals surface area (Å²) in [5, 5.41) is 0. The molecule has 0 saturated heterocycles. The number of fused-ring (bicyclic) bond motifs is 5. The molecule has 0 fully saturated rings. The van der Waals surface area contributed by atoms with Gasteiger partial charge in [-0.15, -0.1) is 0 Å². The Morgan fingerprint density at radius 3 is 2.42 bits per heavy atom. The summed E-state index contributed by atoms with van der Waals surface area (Å²) in [6, 6.07) is 9.37. The van der Waals surface area contributed by atoms with Gasteiger partial charge in [-0.3, -0.25) is 4.98 Å². The molecular formula is C22H28N2. The van der Waals surface area contributed by atoms with Crippen LogP contribution in [0.25, 0.3) is 0 Å². The molecule has 0 amide bonds. The van der Waals surface area contributed by atoms with Crippen molar-refractivity contribution in [3.63, 3.8) is 0 Å². The molecule has 1 aromatic heterocycles. The maximum atomic E-state index is 4.49. The second kappa shape index (κ2) is 4.41. The Morgan fingerprint density at radius 1 is 1.00 bits per heavy atom. The van der Waals surface area contributed by atoms with Crippen LogP contribution in [0.2, 0.25) is 0 Å². The second-order valence-corrected chi connectivity index (χ2v) is 8.80. The van der Waals surface area contributed by atoms with E-state index in [1.165, 1.54) is 27.9 Å². The van der Waals surface area contributed by atoms with Crippen molar-refractivity contribution < 1.29 is 0 Å². The minimum Gasteiger partial charge on any atom is -0.354 e. The molecule has 3 heterocycles. The van der Waals surface area contributed by atoms with E-state index in [1.54, 1.807) is 0 Å². The van der Waals surface area contributed by atoms with Crippen molar-refractivity contribution in [1.82, 2.24) is 4.98 Å². The van der Waals surface area contributed by atoms with Crippen LogP contribution in [0.5, 0.6) is 0 Å². The molecule has 0 radical (unpaired) electrons. The molecule has 1 unspecified atom stereocenters. The number of anilines is 1. The Balaban J connectivity index is 2.15. The number of hydrogen-bond donors (Lipinski definition) is 0. The highest BCUT2D eigenvalue weighted by Crippen LogP contribution is 2.67. The van der Waals surface area contributed by atoms with Crippen molar-refractivity contribution >= 4 is 5.69 Å². The average molecular weight is 320 g/mol. The van der Waals surface area contributed by atoms with E-state index in [-0.39, 0.29) is 16.4 Å². The normalized spacial score (nSPS) is 29.0. The molecule has 0 N–H and O–H groups in total. The Morgan fingerprint density at radius 2 is 1.71 bits per heavy atom. The molecule has 2 aromatic rings. The maximum Gasteiger partial charge on any atom is 0.0709 e. The van der Waals surface area contributed by atoms with Gasteiger partial charge >= 0.3 is 0 Å². The minimum absolute atomic E-state index is 0.0589. The molecule has 126 valence electrons. The first-order chi connectivity index (χ1) is 11.2. The van der Waals surface area contributed by atoms with E-state index in [4.69, 9.17) is 0 Å². The van der Waals surface area contributed by atoms with Gasteiger partial charge in [-0.2, -0.15) is 0 Å². The Kier molecular flexibility index (Phi) is 2.88. The minimum atomic E-state index is -0.0708. The highest BCUT2D eigenvalue weighted by atomic mass is 15.3. The number of pyridine rings is 1. The molecule has 4 rings (SSSR count). The van der Waals surface area contributed by atoms with Crippen molar-refractivity contribution in [3.05, 3.63) is 58.9 Å². The smallest absolute Gasteiger partial charge is 0.0709 e. The number of aryl methyl sites for hydroxylation is 1. The monoisotopic (exact) mass is 320 g/mol. The molecule has 0 spiro atoms. The summed E-state index contributed by atoms with van der Waals surface area (Å²) in [6.45, 7) is 16.7.